The van der Waals surface area contributed by atoms with Crippen molar-refractivity contribution in [1.82, 2.24) is 20.1 Å². The van der Waals surface area contributed by atoms with Crippen molar-refractivity contribution in [2.45, 2.75) is 76.1 Å². The number of ether oxygens (including phenoxy) is 1. The summed E-state index contributed by atoms with van der Waals surface area (Å²) < 4.78 is 6.28. The summed E-state index contributed by atoms with van der Waals surface area (Å²) in [5, 5.41) is 2.77. The van der Waals surface area contributed by atoms with Crippen LogP contribution in [-0.2, 0) is 9.59 Å². The molecule has 0 bridgehead atoms. The Hall–Kier alpha value is -5.19. The van der Waals surface area contributed by atoms with Crippen LogP contribution in [0.15, 0.2) is 54.7 Å². The van der Waals surface area contributed by atoms with Crippen LogP contribution in [0, 0.1) is 12.0 Å². The van der Waals surface area contributed by atoms with Crippen molar-refractivity contribution in [1.29, 1.82) is 0 Å². The lowest BCUT2D eigenvalue weighted by atomic mass is 9.76. The maximum atomic E-state index is 13.3. The molecule has 13 nitrogen and oxygen atoms in total. The number of anilines is 3. The molecule has 4 amide bonds. The molecule has 9 rings (SSSR count). The zero-order valence-electron chi connectivity index (χ0n) is 31.5. The van der Waals surface area contributed by atoms with Gasteiger partial charge in [0.1, 0.15) is 12.1 Å². The van der Waals surface area contributed by atoms with Crippen molar-refractivity contribution < 1.29 is 23.9 Å². The first kappa shape index (κ1) is 36.4. The van der Waals surface area contributed by atoms with Crippen LogP contribution in [0.2, 0.25) is 5.02 Å². The van der Waals surface area contributed by atoms with E-state index in [9.17, 15) is 19.2 Å². The van der Waals surface area contributed by atoms with Gasteiger partial charge in [0.05, 0.1) is 29.6 Å². The molecule has 1 aromatic heterocycles. The number of fused-ring (bicyclic) bond motifs is 1. The van der Waals surface area contributed by atoms with Gasteiger partial charge in [0.2, 0.25) is 23.4 Å². The molecule has 6 aliphatic heterocycles. The summed E-state index contributed by atoms with van der Waals surface area (Å²) in [5.41, 5.74) is 4.51. The zero-order valence-corrected chi connectivity index (χ0v) is 32.2. The fourth-order valence-corrected chi connectivity index (χ4v) is 10.0. The van der Waals surface area contributed by atoms with Gasteiger partial charge in [0, 0.05) is 86.8 Å². The van der Waals surface area contributed by atoms with Crippen LogP contribution < -0.4 is 24.8 Å². The van der Waals surface area contributed by atoms with Crippen molar-refractivity contribution in [3.8, 4) is 5.88 Å². The Kier molecular flexibility index (Phi) is 9.37. The number of nitrogens with zero attached hydrogens (tertiary/aromatic N) is 7. The van der Waals surface area contributed by atoms with Crippen molar-refractivity contribution in [2.75, 3.05) is 60.5 Å². The molecule has 7 heterocycles. The third-order valence-electron chi connectivity index (χ3n) is 13.0. The molecule has 2 atom stereocenters. The fraction of sp³-hybridized carbons (Fsp3) is 0.476. The van der Waals surface area contributed by atoms with E-state index < -0.39 is 23.8 Å². The Bertz CT molecular complexity index is 2120. The van der Waals surface area contributed by atoms with Crippen LogP contribution in [-0.4, -0.2) is 108 Å². The van der Waals surface area contributed by atoms with Crippen LogP contribution in [0.1, 0.15) is 72.6 Å². The van der Waals surface area contributed by atoms with Crippen molar-refractivity contribution in [3.05, 3.63) is 82.3 Å². The van der Waals surface area contributed by atoms with Gasteiger partial charge in [-0.3, -0.25) is 34.3 Å². The number of halogens is 1. The van der Waals surface area contributed by atoms with Gasteiger partial charge in [0.15, 0.2) is 0 Å². The van der Waals surface area contributed by atoms with Gasteiger partial charge in [-0.05, 0) is 87.3 Å². The van der Waals surface area contributed by atoms with Crippen LogP contribution >= 0.6 is 11.6 Å². The van der Waals surface area contributed by atoms with Crippen LogP contribution in [0.3, 0.4) is 0 Å². The number of carbonyl (C=O) groups is 4. The van der Waals surface area contributed by atoms with E-state index in [1.807, 2.05) is 36.5 Å². The number of hydrogen-bond donors (Lipinski definition) is 1. The molecule has 3 aromatic rings. The first-order valence-corrected chi connectivity index (χ1v) is 20.1. The number of hydrogen-bond acceptors (Lipinski definition) is 10. The lowest BCUT2D eigenvalue weighted by Crippen LogP contribution is -2.59. The Labute approximate surface area is 331 Å². The first-order valence-electron chi connectivity index (χ1n) is 19.7. The van der Waals surface area contributed by atoms with Gasteiger partial charge in [-0.1, -0.05) is 17.7 Å². The van der Waals surface area contributed by atoms with E-state index in [1.54, 1.807) is 12.1 Å². The second-order valence-electron chi connectivity index (χ2n) is 16.4. The minimum atomic E-state index is -0.967. The third-order valence-corrected chi connectivity index (χ3v) is 13.3. The molecule has 0 saturated carbocycles. The van der Waals surface area contributed by atoms with Crippen molar-refractivity contribution in [3.63, 3.8) is 0 Å². The summed E-state index contributed by atoms with van der Waals surface area (Å²) in [4.78, 5) is 69.3. The third kappa shape index (κ3) is 6.62. The van der Waals surface area contributed by atoms with Gasteiger partial charge in [-0.15, -0.1) is 0 Å². The highest BCUT2D eigenvalue weighted by Crippen LogP contribution is 2.46. The van der Waals surface area contributed by atoms with Gasteiger partial charge in [-0.25, -0.2) is 9.83 Å². The molecule has 56 heavy (non-hydrogen) atoms. The molecule has 5 fully saturated rings. The van der Waals surface area contributed by atoms with Gasteiger partial charge < -0.3 is 19.4 Å². The lowest BCUT2D eigenvalue weighted by Gasteiger charge is -2.47. The van der Waals surface area contributed by atoms with E-state index in [1.165, 1.54) is 0 Å². The fourth-order valence-electron chi connectivity index (χ4n) is 9.82. The van der Waals surface area contributed by atoms with Crippen LogP contribution in [0.25, 0.3) is 4.85 Å². The number of piperidine rings is 3. The molecule has 14 heteroatoms. The molecule has 0 radical (unpaired) electrons. The summed E-state index contributed by atoms with van der Waals surface area (Å²) in [5.74, 6) is -1.30. The molecule has 6 aliphatic rings. The van der Waals surface area contributed by atoms with Gasteiger partial charge >= 0.3 is 0 Å². The molecule has 5 saturated heterocycles. The summed E-state index contributed by atoms with van der Waals surface area (Å²) >= 11 is 6.38. The van der Waals surface area contributed by atoms with E-state index in [4.69, 9.17) is 27.9 Å². The zero-order chi connectivity index (χ0) is 38.7. The monoisotopic (exact) mass is 776 g/mol. The minimum absolute atomic E-state index is 0.0968. The number of nitrogens with one attached hydrogen (secondary N) is 1. The number of rotatable bonds is 7. The second kappa shape index (κ2) is 14.4. The Balaban J connectivity index is 0.724. The number of benzene rings is 2. The number of carbonyl (C=O) groups excluding carboxylic acids is 4. The normalized spacial score (nSPS) is 24.4. The first-order chi connectivity index (χ1) is 27.1. The number of amides is 4. The highest BCUT2D eigenvalue weighted by atomic mass is 35.5. The van der Waals surface area contributed by atoms with Crippen molar-refractivity contribution >= 4 is 58.0 Å². The van der Waals surface area contributed by atoms with Crippen molar-refractivity contribution in [2.24, 2.45) is 5.41 Å². The van der Waals surface area contributed by atoms with E-state index in [2.05, 4.69) is 42.8 Å². The van der Waals surface area contributed by atoms with E-state index in [-0.39, 0.29) is 30.3 Å². The average Bonchev–Trinajstić information content (AvgIpc) is 3.64. The summed E-state index contributed by atoms with van der Waals surface area (Å²) in [7, 11) is 0. The lowest BCUT2D eigenvalue weighted by molar-refractivity contribution is -0.136. The van der Waals surface area contributed by atoms with Crippen LogP contribution in [0.5, 0.6) is 5.88 Å². The minimum Gasteiger partial charge on any atom is -0.472 e. The predicted octanol–water partition coefficient (Wildman–Crippen LogP) is 5.30. The van der Waals surface area contributed by atoms with E-state index in [0.717, 1.165) is 99.9 Å². The maximum absolute atomic E-state index is 13.3. The highest BCUT2D eigenvalue weighted by Gasteiger charge is 2.46. The number of likely N-dealkylation sites (tertiary alicyclic amines) is 1. The molecule has 290 valence electrons. The number of pyridine rings is 1. The standard InChI is InChI=1S/C42H45ClN8O5/c1-26-21-42(25-50(26)29-4-7-35(44-2)34(43)20-29)13-17-48(18-14-42)30-5-10-38(45-22-30)56-31-23-49(24-31)27-11-15-47(16-12-27)28-3-6-32-33(19-28)41(55)51(40(32)54)36-8-9-37(52)46-39(36)53/h3-7,10,19-20,22,26-27,31,36H,8-9,11-18,21,23-25H2,1H3,(H,46,52,53)/t26-,36?/m0/s1. The van der Waals surface area contributed by atoms with Crippen LogP contribution in [0.4, 0.5) is 22.7 Å². The maximum Gasteiger partial charge on any atom is 0.262 e. The Morgan fingerprint density at radius 1 is 0.875 bits per heavy atom. The summed E-state index contributed by atoms with van der Waals surface area (Å²) in [6.07, 6.45) is 7.64. The molecule has 1 unspecified atom stereocenters. The number of aromatic nitrogens is 1. The second-order valence-corrected chi connectivity index (χ2v) is 16.8. The van der Waals surface area contributed by atoms with Gasteiger partial charge in [-0.2, -0.15) is 0 Å². The number of imide groups is 2. The summed E-state index contributed by atoms with van der Waals surface area (Å²) in [6.45, 7) is 16.0. The highest BCUT2D eigenvalue weighted by molar-refractivity contribution is 6.33. The van der Waals surface area contributed by atoms with Gasteiger partial charge in [0.25, 0.3) is 11.8 Å². The molecule has 1 spiro atoms. The SMILES string of the molecule is [C-]#[N+]c1ccc(N2CC3(CCN(c4ccc(OC5CN(C6CCN(c7ccc8c(c7)C(=O)N(C7CCC(=O)NC7=O)C8=O)CC6)C5)nc4)CC3)C[C@@H]2C)cc1Cl. The van der Waals surface area contributed by atoms with E-state index >= 15 is 0 Å². The molecular weight excluding hydrogens is 732 g/mol. The quantitative estimate of drug-likeness (QED) is 0.250. The Morgan fingerprint density at radius 3 is 2.29 bits per heavy atom. The molecule has 0 aliphatic carbocycles. The molecular formula is C42H45ClN8O5. The largest absolute Gasteiger partial charge is 0.472 e. The average molecular weight is 777 g/mol. The Morgan fingerprint density at radius 2 is 1.59 bits per heavy atom. The van der Waals surface area contributed by atoms with E-state index in [0.29, 0.717) is 39.8 Å². The predicted molar refractivity (Wildman–Crippen MR) is 212 cm³/mol. The molecule has 2 aromatic carbocycles. The molecule has 1 N–H and O–H groups in total. The summed E-state index contributed by atoms with van der Waals surface area (Å²) in [6, 6.07) is 15.2. The topological polar surface area (TPSA) is 123 Å². The smallest absolute Gasteiger partial charge is 0.262 e.